The summed E-state index contributed by atoms with van der Waals surface area (Å²) in [5.41, 5.74) is 0.713. The molecule has 0 unspecified atom stereocenters. The molecule has 0 aromatic carbocycles. The molecular weight excluding hydrogens is 300 g/mol. The third-order valence-corrected chi connectivity index (χ3v) is 4.14. The summed E-state index contributed by atoms with van der Waals surface area (Å²) in [6.07, 6.45) is 2.72. The maximum atomic E-state index is 11.9. The van der Waals surface area contributed by atoms with Crippen molar-refractivity contribution in [2.75, 3.05) is 31.2 Å². The summed E-state index contributed by atoms with van der Waals surface area (Å²) < 4.78 is 12.2. The molecule has 0 spiro atoms. The van der Waals surface area contributed by atoms with Crippen LogP contribution in [0.5, 0.6) is 0 Å². The Morgan fingerprint density at radius 3 is 3.22 bits per heavy atom. The third kappa shape index (κ3) is 3.04. The van der Waals surface area contributed by atoms with Gasteiger partial charge in [0, 0.05) is 19.5 Å². The van der Waals surface area contributed by atoms with Crippen molar-refractivity contribution in [2.24, 2.45) is 0 Å². The lowest BCUT2D eigenvalue weighted by atomic mass is 10.3. The molecule has 2 aromatic heterocycles. The number of hydrogen-bond donors (Lipinski definition) is 1. The van der Waals surface area contributed by atoms with Crippen molar-refractivity contribution in [2.45, 2.75) is 25.0 Å². The van der Waals surface area contributed by atoms with Crippen LogP contribution in [0.2, 0.25) is 0 Å². The third-order valence-electron chi connectivity index (χ3n) is 4.14. The number of rotatable bonds is 3. The predicted molar refractivity (Wildman–Crippen MR) is 80.2 cm³/mol. The Bertz CT molecular complexity index is 699. The van der Waals surface area contributed by atoms with Crippen LogP contribution >= 0.6 is 0 Å². The molecule has 0 aliphatic carbocycles. The van der Waals surface area contributed by atoms with Crippen LogP contribution in [-0.4, -0.2) is 64.4 Å². The summed E-state index contributed by atoms with van der Waals surface area (Å²) in [5.74, 6) is 0.846. The van der Waals surface area contributed by atoms with Gasteiger partial charge < -0.3 is 19.7 Å². The number of ether oxygens (including phenoxy) is 2. The monoisotopic (exact) mass is 318 g/mol. The van der Waals surface area contributed by atoms with Crippen molar-refractivity contribution >= 4 is 17.6 Å². The smallest absolute Gasteiger partial charge is 0.407 e. The van der Waals surface area contributed by atoms with Gasteiger partial charge >= 0.3 is 6.09 Å². The molecule has 2 fully saturated rings. The quantitative estimate of drug-likeness (QED) is 0.865. The van der Waals surface area contributed by atoms with Gasteiger partial charge in [0.15, 0.2) is 5.65 Å². The zero-order valence-electron chi connectivity index (χ0n) is 12.6. The average molecular weight is 318 g/mol. The number of nitrogens with one attached hydrogen (secondary N) is 1. The highest BCUT2D eigenvalue weighted by Gasteiger charge is 2.27. The average Bonchev–Trinajstić information content (AvgIpc) is 3.27. The molecule has 2 aliphatic heterocycles. The number of aromatic nitrogens is 4. The fourth-order valence-electron chi connectivity index (χ4n) is 2.93. The second-order valence-electron chi connectivity index (χ2n) is 5.79. The highest BCUT2D eigenvalue weighted by atomic mass is 16.6. The van der Waals surface area contributed by atoms with Gasteiger partial charge in [0.05, 0.1) is 19.3 Å². The standard InChI is InChI=1S/C14H18N6O3/c21-14(23-11-4-6-22-8-11)16-10-3-5-19(7-10)13-2-1-12-17-15-9-20(12)18-13/h1-2,9-11H,3-8H2,(H,16,21)/t10-,11-/m0/s1. The van der Waals surface area contributed by atoms with Gasteiger partial charge in [-0.25, -0.2) is 4.79 Å². The van der Waals surface area contributed by atoms with E-state index in [0.29, 0.717) is 25.4 Å². The van der Waals surface area contributed by atoms with Gasteiger partial charge in [0.25, 0.3) is 0 Å². The molecule has 122 valence electrons. The van der Waals surface area contributed by atoms with Crippen LogP contribution < -0.4 is 10.2 Å². The lowest BCUT2D eigenvalue weighted by Gasteiger charge is -2.18. The summed E-state index contributed by atoms with van der Waals surface area (Å²) in [7, 11) is 0. The molecule has 2 saturated heterocycles. The maximum absolute atomic E-state index is 11.9. The second kappa shape index (κ2) is 5.99. The van der Waals surface area contributed by atoms with Crippen molar-refractivity contribution in [1.82, 2.24) is 25.1 Å². The lowest BCUT2D eigenvalue weighted by molar-refractivity contribution is 0.0813. The van der Waals surface area contributed by atoms with E-state index >= 15 is 0 Å². The van der Waals surface area contributed by atoms with Crippen LogP contribution in [0.25, 0.3) is 5.65 Å². The first-order chi connectivity index (χ1) is 11.3. The maximum Gasteiger partial charge on any atom is 0.407 e. The number of anilines is 1. The van der Waals surface area contributed by atoms with E-state index in [1.54, 1.807) is 10.8 Å². The van der Waals surface area contributed by atoms with Crippen LogP contribution in [-0.2, 0) is 9.47 Å². The lowest BCUT2D eigenvalue weighted by Crippen LogP contribution is -2.39. The molecule has 2 aliphatic rings. The van der Waals surface area contributed by atoms with E-state index in [1.807, 2.05) is 12.1 Å². The first-order valence-electron chi connectivity index (χ1n) is 7.75. The molecule has 2 atom stereocenters. The van der Waals surface area contributed by atoms with E-state index in [-0.39, 0.29) is 18.2 Å². The normalized spacial score (nSPS) is 24.3. The van der Waals surface area contributed by atoms with Crippen LogP contribution in [0.15, 0.2) is 18.5 Å². The zero-order chi connectivity index (χ0) is 15.6. The minimum atomic E-state index is -0.366. The molecule has 9 heteroatoms. The molecular formula is C14H18N6O3. The number of nitrogens with zero attached hydrogens (tertiary/aromatic N) is 5. The molecule has 1 amide bonds. The van der Waals surface area contributed by atoms with E-state index in [1.165, 1.54) is 0 Å². The summed E-state index contributed by atoms with van der Waals surface area (Å²) in [6, 6.07) is 3.86. The van der Waals surface area contributed by atoms with Gasteiger partial charge in [-0.3, -0.25) is 0 Å². The Balaban J connectivity index is 1.34. The summed E-state index contributed by atoms with van der Waals surface area (Å²) in [5, 5.41) is 15.1. The number of alkyl carbamates (subject to hydrolysis) is 1. The van der Waals surface area contributed by atoms with Crippen molar-refractivity contribution in [3.05, 3.63) is 18.5 Å². The van der Waals surface area contributed by atoms with E-state index in [4.69, 9.17) is 9.47 Å². The van der Waals surface area contributed by atoms with Gasteiger partial charge in [-0.15, -0.1) is 15.3 Å². The van der Waals surface area contributed by atoms with E-state index in [0.717, 1.165) is 25.2 Å². The minimum absolute atomic E-state index is 0.0585. The number of fused-ring (bicyclic) bond motifs is 1. The largest absolute Gasteiger partial charge is 0.444 e. The van der Waals surface area contributed by atoms with Gasteiger partial charge in [-0.05, 0) is 18.6 Å². The Labute approximate surface area is 132 Å². The molecule has 4 heterocycles. The Kier molecular flexibility index (Phi) is 3.70. The predicted octanol–water partition coefficient (Wildman–Crippen LogP) is 0.218. The first-order valence-corrected chi connectivity index (χ1v) is 7.75. The Hall–Kier alpha value is -2.42. The van der Waals surface area contributed by atoms with Crippen molar-refractivity contribution in [3.8, 4) is 0 Å². The SMILES string of the molecule is O=C(N[C@H]1CCN(c2ccc3nncn3n2)C1)O[C@H]1CCOC1. The second-order valence-corrected chi connectivity index (χ2v) is 5.79. The molecule has 1 N–H and O–H groups in total. The molecule has 23 heavy (non-hydrogen) atoms. The number of amides is 1. The Morgan fingerprint density at radius 1 is 1.39 bits per heavy atom. The Morgan fingerprint density at radius 2 is 2.35 bits per heavy atom. The molecule has 0 saturated carbocycles. The number of carbonyl (C=O) groups is 1. The van der Waals surface area contributed by atoms with Crippen molar-refractivity contribution in [1.29, 1.82) is 0 Å². The molecule has 2 aromatic rings. The number of carbonyl (C=O) groups excluding carboxylic acids is 1. The summed E-state index contributed by atoms with van der Waals surface area (Å²) in [6.45, 7) is 2.69. The van der Waals surface area contributed by atoms with E-state index in [9.17, 15) is 4.79 Å². The van der Waals surface area contributed by atoms with Gasteiger partial charge in [-0.2, -0.15) is 4.52 Å². The minimum Gasteiger partial charge on any atom is -0.444 e. The molecule has 4 rings (SSSR count). The highest BCUT2D eigenvalue weighted by Crippen LogP contribution is 2.18. The molecule has 9 nitrogen and oxygen atoms in total. The van der Waals surface area contributed by atoms with Crippen molar-refractivity contribution < 1.29 is 14.3 Å². The van der Waals surface area contributed by atoms with Crippen LogP contribution in [0, 0.1) is 0 Å². The van der Waals surface area contributed by atoms with Gasteiger partial charge in [0.1, 0.15) is 18.2 Å². The first kappa shape index (κ1) is 14.2. The topological polar surface area (TPSA) is 93.9 Å². The van der Waals surface area contributed by atoms with E-state index < -0.39 is 0 Å². The van der Waals surface area contributed by atoms with Crippen molar-refractivity contribution in [3.63, 3.8) is 0 Å². The molecule has 0 radical (unpaired) electrons. The van der Waals surface area contributed by atoms with Crippen LogP contribution in [0.3, 0.4) is 0 Å². The fraction of sp³-hybridized carbons (Fsp3) is 0.571. The van der Waals surface area contributed by atoms with Crippen LogP contribution in [0.4, 0.5) is 10.6 Å². The highest BCUT2D eigenvalue weighted by molar-refractivity contribution is 5.68. The van der Waals surface area contributed by atoms with Crippen LogP contribution in [0.1, 0.15) is 12.8 Å². The van der Waals surface area contributed by atoms with Gasteiger partial charge in [0.2, 0.25) is 0 Å². The zero-order valence-corrected chi connectivity index (χ0v) is 12.6. The summed E-state index contributed by atoms with van der Waals surface area (Å²) in [4.78, 5) is 14.0. The summed E-state index contributed by atoms with van der Waals surface area (Å²) >= 11 is 0. The van der Waals surface area contributed by atoms with Gasteiger partial charge in [-0.1, -0.05) is 0 Å². The van der Waals surface area contributed by atoms with E-state index in [2.05, 4.69) is 25.5 Å². The number of hydrogen-bond acceptors (Lipinski definition) is 7. The fourth-order valence-corrected chi connectivity index (χ4v) is 2.93. The molecule has 0 bridgehead atoms.